The van der Waals surface area contributed by atoms with Crippen LogP contribution in [0.25, 0.3) is 0 Å². The van der Waals surface area contributed by atoms with E-state index >= 15 is 0 Å². The molecule has 1 aromatic rings. The highest BCUT2D eigenvalue weighted by Crippen LogP contribution is 2.19. The maximum Gasteiger partial charge on any atom is 0.241 e. The fourth-order valence-corrected chi connectivity index (χ4v) is 2.68. The minimum Gasteiger partial charge on any atom is -0.376 e. The zero-order valence-electron chi connectivity index (χ0n) is 12.8. The van der Waals surface area contributed by atoms with Gasteiger partial charge >= 0.3 is 0 Å². The Kier molecular flexibility index (Phi) is 5.01. The number of likely N-dealkylation sites (N-methyl/N-ethyl adjacent to an activating group) is 1. The molecule has 4 heteroatoms. The predicted octanol–water partition coefficient (Wildman–Crippen LogP) is 1.88. The van der Waals surface area contributed by atoms with Crippen LogP contribution in [-0.2, 0) is 4.79 Å². The number of benzene rings is 1. The summed E-state index contributed by atoms with van der Waals surface area (Å²) in [5.41, 5.74) is 3.47. The third-order valence-corrected chi connectivity index (χ3v) is 4.07. The zero-order chi connectivity index (χ0) is 14.5. The summed E-state index contributed by atoms with van der Waals surface area (Å²) in [5, 5.41) is 3.30. The number of carbonyl (C=O) groups is 1. The first-order valence-electron chi connectivity index (χ1n) is 7.42. The van der Waals surface area contributed by atoms with Crippen molar-refractivity contribution in [1.29, 1.82) is 0 Å². The van der Waals surface area contributed by atoms with Crippen molar-refractivity contribution >= 4 is 11.6 Å². The number of piperazine rings is 1. The van der Waals surface area contributed by atoms with Gasteiger partial charge in [0.25, 0.3) is 0 Å². The molecule has 0 radical (unpaired) electrons. The predicted molar refractivity (Wildman–Crippen MR) is 83.1 cm³/mol. The van der Waals surface area contributed by atoms with E-state index in [4.69, 9.17) is 0 Å². The Morgan fingerprint density at radius 1 is 1.15 bits per heavy atom. The van der Waals surface area contributed by atoms with Gasteiger partial charge in [-0.1, -0.05) is 25.1 Å². The molecule has 0 aromatic heterocycles. The summed E-state index contributed by atoms with van der Waals surface area (Å²) in [6.45, 7) is 11.4. The van der Waals surface area contributed by atoms with Crippen LogP contribution in [-0.4, -0.2) is 55.0 Å². The van der Waals surface area contributed by atoms with Gasteiger partial charge in [-0.25, -0.2) is 0 Å². The number of rotatable bonds is 4. The molecule has 2 rings (SSSR count). The van der Waals surface area contributed by atoms with Crippen molar-refractivity contribution in [3.63, 3.8) is 0 Å². The van der Waals surface area contributed by atoms with Crippen molar-refractivity contribution in [3.05, 3.63) is 29.3 Å². The van der Waals surface area contributed by atoms with E-state index in [9.17, 15) is 4.79 Å². The van der Waals surface area contributed by atoms with E-state index in [1.165, 1.54) is 11.1 Å². The number of aryl methyl sites for hydroxylation is 2. The highest BCUT2D eigenvalue weighted by atomic mass is 16.2. The van der Waals surface area contributed by atoms with Crippen molar-refractivity contribution in [2.24, 2.45) is 0 Å². The van der Waals surface area contributed by atoms with E-state index < -0.39 is 0 Å². The lowest BCUT2D eigenvalue weighted by Crippen LogP contribution is -2.49. The molecule has 1 N–H and O–H groups in total. The van der Waals surface area contributed by atoms with Crippen LogP contribution in [0.3, 0.4) is 0 Å². The molecule has 0 spiro atoms. The second-order valence-corrected chi connectivity index (χ2v) is 5.44. The standard InChI is InChI=1S/C16H25N3O/c1-4-18-8-10-19(11-9-18)15(20)12-17-16-13(2)6-5-7-14(16)3/h5-7,17H,4,8-12H2,1-3H3. The number of nitrogens with zero attached hydrogens (tertiary/aromatic N) is 2. The van der Waals surface area contributed by atoms with Crippen molar-refractivity contribution < 1.29 is 4.79 Å². The summed E-state index contributed by atoms with van der Waals surface area (Å²) in [7, 11) is 0. The summed E-state index contributed by atoms with van der Waals surface area (Å²) >= 11 is 0. The summed E-state index contributed by atoms with van der Waals surface area (Å²) in [6.07, 6.45) is 0. The van der Waals surface area contributed by atoms with Crippen LogP contribution in [0.2, 0.25) is 0 Å². The Balaban J connectivity index is 1.87. The van der Waals surface area contributed by atoms with E-state index in [0.717, 1.165) is 38.4 Å². The molecule has 110 valence electrons. The highest BCUT2D eigenvalue weighted by Gasteiger charge is 2.19. The van der Waals surface area contributed by atoms with E-state index in [0.29, 0.717) is 6.54 Å². The van der Waals surface area contributed by atoms with Gasteiger partial charge in [-0.05, 0) is 31.5 Å². The quantitative estimate of drug-likeness (QED) is 0.911. The van der Waals surface area contributed by atoms with E-state index in [2.05, 4.69) is 43.1 Å². The maximum atomic E-state index is 12.2. The molecule has 1 amide bonds. The lowest BCUT2D eigenvalue weighted by molar-refractivity contribution is -0.131. The molecular weight excluding hydrogens is 250 g/mol. The fourth-order valence-electron chi connectivity index (χ4n) is 2.68. The molecule has 4 nitrogen and oxygen atoms in total. The van der Waals surface area contributed by atoms with Crippen LogP contribution in [0.1, 0.15) is 18.1 Å². The third-order valence-electron chi connectivity index (χ3n) is 4.07. The van der Waals surface area contributed by atoms with Gasteiger partial charge in [-0.15, -0.1) is 0 Å². The van der Waals surface area contributed by atoms with Gasteiger partial charge in [0.1, 0.15) is 0 Å². The minimum atomic E-state index is 0.198. The number of nitrogens with one attached hydrogen (secondary N) is 1. The largest absolute Gasteiger partial charge is 0.376 e. The van der Waals surface area contributed by atoms with Gasteiger partial charge in [0.2, 0.25) is 5.91 Å². The normalized spacial score (nSPS) is 16.2. The highest BCUT2D eigenvalue weighted by molar-refractivity contribution is 5.81. The molecule has 1 heterocycles. The first kappa shape index (κ1) is 14.9. The van der Waals surface area contributed by atoms with Crippen LogP contribution in [0.4, 0.5) is 5.69 Å². The summed E-state index contributed by atoms with van der Waals surface area (Å²) < 4.78 is 0. The van der Waals surface area contributed by atoms with Crippen LogP contribution in [0.15, 0.2) is 18.2 Å². The second-order valence-electron chi connectivity index (χ2n) is 5.44. The number of hydrogen-bond acceptors (Lipinski definition) is 3. The van der Waals surface area contributed by atoms with Gasteiger partial charge in [-0.2, -0.15) is 0 Å². The smallest absolute Gasteiger partial charge is 0.241 e. The van der Waals surface area contributed by atoms with Crippen LogP contribution >= 0.6 is 0 Å². The Morgan fingerprint density at radius 2 is 1.75 bits per heavy atom. The molecule has 1 saturated heterocycles. The van der Waals surface area contributed by atoms with Crippen LogP contribution in [0.5, 0.6) is 0 Å². The number of hydrogen-bond donors (Lipinski definition) is 1. The maximum absolute atomic E-state index is 12.2. The molecule has 1 aliphatic rings. The SMILES string of the molecule is CCN1CCN(C(=O)CNc2c(C)cccc2C)CC1. The Morgan fingerprint density at radius 3 is 2.30 bits per heavy atom. The average molecular weight is 275 g/mol. The van der Waals surface area contributed by atoms with E-state index in [-0.39, 0.29) is 5.91 Å². The molecule has 0 aliphatic carbocycles. The van der Waals surface area contributed by atoms with Crippen LogP contribution < -0.4 is 5.32 Å². The third kappa shape index (κ3) is 3.51. The molecule has 0 bridgehead atoms. The lowest BCUT2D eigenvalue weighted by atomic mass is 10.1. The molecule has 1 aromatic carbocycles. The Hall–Kier alpha value is -1.55. The average Bonchev–Trinajstić information content (AvgIpc) is 2.46. The van der Waals surface area contributed by atoms with Gasteiger partial charge in [0, 0.05) is 31.9 Å². The van der Waals surface area contributed by atoms with Crippen molar-refractivity contribution in [2.45, 2.75) is 20.8 Å². The Labute approximate surface area is 121 Å². The number of carbonyl (C=O) groups excluding carboxylic acids is 1. The summed E-state index contributed by atoms with van der Waals surface area (Å²) in [5.74, 6) is 0.198. The lowest BCUT2D eigenvalue weighted by Gasteiger charge is -2.34. The second kappa shape index (κ2) is 6.75. The fraction of sp³-hybridized carbons (Fsp3) is 0.562. The van der Waals surface area contributed by atoms with Crippen molar-refractivity contribution in [3.8, 4) is 0 Å². The number of para-hydroxylation sites is 1. The summed E-state index contributed by atoms with van der Waals surface area (Å²) in [6, 6.07) is 6.18. The number of anilines is 1. The monoisotopic (exact) mass is 275 g/mol. The van der Waals surface area contributed by atoms with Gasteiger partial charge < -0.3 is 15.1 Å². The van der Waals surface area contributed by atoms with Crippen molar-refractivity contribution in [2.75, 3.05) is 44.6 Å². The topological polar surface area (TPSA) is 35.6 Å². The first-order chi connectivity index (χ1) is 9.61. The van der Waals surface area contributed by atoms with Gasteiger partial charge in [0.15, 0.2) is 0 Å². The molecule has 1 fully saturated rings. The molecule has 0 saturated carbocycles. The molecule has 0 unspecified atom stereocenters. The van der Waals surface area contributed by atoms with Gasteiger partial charge in [0.05, 0.1) is 6.54 Å². The molecular formula is C16H25N3O. The van der Waals surface area contributed by atoms with Crippen LogP contribution in [0, 0.1) is 13.8 Å². The number of amides is 1. The molecule has 0 atom stereocenters. The van der Waals surface area contributed by atoms with E-state index in [1.807, 2.05) is 11.0 Å². The van der Waals surface area contributed by atoms with Gasteiger partial charge in [-0.3, -0.25) is 4.79 Å². The molecule has 1 aliphatic heterocycles. The zero-order valence-corrected chi connectivity index (χ0v) is 12.8. The molecule has 20 heavy (non-hydrogen) atoms. The Bertz CT molecular complexity index is 445. The van der Waals surface area contributed by atoms with E-state index in [1.54, 1.807) is 0 Å². The summed E-state index contributed by atoms with van der Waals surface area (Å²) in [4.78, 5) is 16.6. The minimum absolute atomic E-state index is 0.198. The first-order valence-corrected chi connectivity index (χ1v) is 7.42. The van der Waals surface area contributed by atoms with Crippen molar-refractivity contribution in [1.82, 2.24) is 9.80 Å².